The van der Waals surface area contributed by atoms with Crippen LogP contribution in [0.5, 0.6) is 0 Å². The summed E-state index contributed by atoms with van der Waals surface area (Å²) < 4.78 is 26.0. The largest absolute Gasteiger partial charge is 0.394 e. The molecule has 0 fully saturated rings. The molecule has 1 atom stereocenters. The second-order valence-corrected chi connectivity index (χ2v) is 3.82. The number of aliphatic hydroxyl groups is 1. The monoisotopic (exact) mass is 241 g/mol. The van der Waals surface area contributed by atoms with E-state index in [1.54, 1.807) is 0 Å². The summed E-state index contributed by atoms with van der Waals surface area (Å²) in [4.78, 5) is 24.3. The average Bonchev–Trinajstić information content (AvgIpc) is 2.52. The van der Waals surface area contributed by atoms with E-state index in [2.05, 4.69) is 0 Å². The predicted octanol–water partition coefficient (Wildman–Crippen LogP) is 0.942. The van der Waals surface area contributed by atoms with Crippen LogP contribution in [0.15, 0.2) is 12.1 Å². The maximum absolute atomic E-state index is 13.0. The fourth-order valence-corrected chi connectivity index (χ4v) is 1.73. The topological polar surface area (TPSA) is 57.6 Å². The molecule has 90 valence electrons. The molecule has 1 N–H and O–H groups in total. The Morgan fingerprint density at radius 2 is 1.59 bits per heavy atom. The molecule has 0 saturated heterocycles. The average molecular weight is 241 g/mol. The van der Waals surface area contributed by atoms with Crippen LogP contribution in [0.2, 0.25) is 0 Å². The van der Waals surface area contributed by atoms with Crippen molar-refractivity contribution < 1.29 is 23.5 Å². The molecule has 0 aliphatic carbocycles. The van der Waals surface area contributed by atoms with Crippen LogP contribution in [0.1, 0.15) is 27.6 Å². The van der Waals surface area contributed by atoms with E-state index in [1.165, 1.54) is 6.92 Å². The minimum atomic E-state index is -1.18. The second-order valence-electron chi connectivity index (χ2n) is 3.82. The summed E-state index contributed by atoms with van der Waals surface area (Å²) in [5.41, 5.74) is -0.344. The number of amides is 2. The van der Waals surface area contributed by atoms with Gasteiger partial charge in [0.15, 0.2) is 11.6 Å². The second kappa shape index (κ2) is 3.89. The van der Waals surface area contributed by atoms with Gasteiger partial charge in [0, 0.05) is 0 Å². The molecule has 17 heavy (non-hydrogen) atoms. The maximum atomic E-state index is 13.0. The van der Waals surface area contributed by atoms with E-state index in [9.17, 15) is 18.4 Å². The molecule has 4 nitrogen and oxygen atoms in total. The minimum absolute atomic E-state index is 0.172. The molecule has 1 aromatic carbocycles. The van der Waals surface area contributed by atoms with Crippen LogP contribution in [0.4, 0.5) is 8.78 Å². The van der Waals surface area contributed by atoms with Crippen molar-refractivity contribution in [1.82, 2.24) is 4.90 Å². The van der Waals surface area contributed by atoms with Crippen molar-refractivity contribution in [3.05, 3.63) is 34.9 Å². The van der Waals surface area contributed by atoms with Crippen molar-refractivity contribution >= 4 is 11.8 Å². The number of carbonyl (C=O) groups is 2. The van der Waals surface area contributed by atoms with Gasteiger partial charge in [-0.15, -0.1) is 0 Å². The molecule has 2 rings (SSSR count). The third kappa shape index (κ3) is 1.61. The molecule has 0 aromatic heterocycles. The highest BCUT2D eigenvalue weighted by Crippen LogP contribution is 2.26. The Kier molecular flexibility index (Phi) is 2.66. The zero-order chi connectivity index (χ0) is 12.7. The van der Waals surface area contributed by atoms with Crippen molar-refractivity contribution in [2.45, 2.75) is 13.0 Å². The molecule has 0 radical (unpaired) electrons. The molecule has 1 heterocycles. The van der Waals surface area contributed by atoms with Gasteiger partial charge in [-0.2, -0.15) is 0 Å². The molecular weight excluding hydrogens is 232 g/mol. The highest BCUT2D eigenvalue weighted by atomic mass is 19.2. The van der Waals surface area contributed by atoms with Gasteiger partial charge in [0.1, 0.15) is 0 Å². The molecule has 1 aliphatic heterocycles. The normalized spacial score (nSPS) is 16.4. The van der Waals surface area contributed by atoms with E-state index < -0.39 is 36.1 Å². The zero-order valence-corrected chi connectivity index (χ0v) is 8.91. The number of benzene rings is 1. The highest BCUT2D eigenvalue weighted by molar-refractivity contribution is 6.21. The van der Waals surface area contributed by atoms with Gasteiger partial charge in [0.2, 0.25) is 0 Å². The summed E-state index contributed by atoms with van der Waals surface area (Å²) in [5, 5.41) is 8.92. The van der Waals surface area contributed by atoms with Gasteiger partial charge in [-0.05, 0) is 19.1 Å². The third-order valence-corrected chi connectivity index (χ3v) is 2.66. The molecule has 0 spiro atoms. The van der Waals surface area contributed by atoms with Crippen LogP contribution >= 0.6 is 0 Å². The lowest BCUT2D eigenvalue weighted by Crippen LogP contribution is -2.40. The summed E-state index contributed by atoms with van der Waals surface area (Å²) in [6.07, 6.45) is 0. The van der Waals surface area contributed by atoms with Crippen molar-refractivity contribution in [1.29, 1.82) is 0 Å². The Morgan fingerprint density at radius 3 is 1.94 bits per heavy atom. The number of carbonyl (C=O) groups excluding carboxylic acids is 2. The first-order valence-corrected chi connectivity index (χ1v) is 4.95. The van der Waals surface area contributed by atoms with Crippen LogP contribution in [0, 0.1) is 11.6 Å². The number of imide groups is 1. The fourth-order valence-electron chi connectivity index (χ4n) is 1.73. The Hall–Kier alpha value is -1.82. The van der Waals surface area contributed by atoms with Gasteiger partial charge in [0.05, 0.1) is 23.8 Å². The van der Waals surface area contributed by atoms with Crippen LogP contribution in [0.3, 0.4) is 0 Å². The molecule has 2 amide bonds. The summed E-state index contributed by atoms with van der Waals surface area (Å²) >= 11 is 0. The van der Waals surface area contributed by atoms with E-state index in [4.69, 9.17) is 5.11 Å². The smallest absolute Gasteiger partial charge is 0.261 e. The Balaban J connectivity index is 2.53. The molecule has 1 aromatic rings. The quantitative estimate of drug-likeness (QED) is 0.784. The fraction of sp³-hybridized carbons (Fsp3) is 0.273. The first-order valence-electron chi connectivity index (χ1n) is 4.95. The predicted molar refractivity (Wildman–Crippen MR) is 53.4 cm³/mol. The number of nitrogens with zero attached hydrogens (tertiary/aromatic N) is 1. The van der Waals surface area contributed by atoms with E-state index in [-0.39, 0.29) is 11.1 Å². The molecule has 0 saturated carbocycles. The highest BCUT2D eigenvalue weighted by Gasteiger charge is 2.39. The lowest BCUT2D eigenvalue weighted by Gasteiger charge is -2.19. The van der Waals surface area contributed by atoms with Gasteiger partial charge < -0.3 is 5.11 Å². The van der Waals surface area contributed by atoms with Crippen LogP contribution in [-0.2, 0) is 0 Å². The molecule has 1 aliphatic rings. The first kappa shape index (κ1) is 11.7. The number of halogens is 2. The minimum Gasteiger partial charge on any atom is -0.394 e. The van der Waals surface area contributed by atoms with E-state index in [0.717, 1.165) is 4.90 Å². The number of hydrogen-bond donors (Lipinski definition) is 1. The maximum Gasteiger partial charge on any atom is 0.261 e. The van der Waals surface area contributed by atoms with E-state index >= 15 is 0 Å². The number of fused-ring (bicyclic) bond motifs is 1. The third-order valence-electron chi connectivity index (χ3n) is 2.66. The summed E-state index contributed by atoms with van der Waals surface area (Å²) in [6, 6.07) is 0.679. The van der Waals surface area contributed by atoms with Crippen molar-refractivity contribution in [2.24, 2.45) is 0 Å². The number of aliphatic hydroxyl groups excluding tert-OH is 1. The standard InChI is InChI=1S/C11H9F2NO3/c1-5(4-15)14-10(16)6-2-8(12)9(13)3-7(6)11(14)17/h2-3,5,15H,4H2,1H3. The molecular formula is C11H9F2NO3. The van der Waals surface area contributed by atoms with Crippen molar-refractivity contribution in [3.63, 3.8) is 0 Å². The van der Waals surface area contributed by atoms with Crippen LogP contribution in [-0.4, -0.2) is 34.5 Å². The van der Waals surface area contributed by atoms with Gasteiger partial charge in [-0.1, -0.05) is 0 Å². The van der Waals surface area contributed by atoms with Gasteiger partial charge in [0.25, 0.3) is 11.8 Å². The molecule has 0 bridgehead atoms. The van der Waals surface area contributed by atoms with Crippen LogP contribution < -0.4 is 0 Å². The molecule has 1 unspecified atom stereocenters. The Labute approximate surface area is 95.5 Å². The number of hydrogen-bond acceptors (Lipinski definition) is 3. The Bertz CT molecular complexity index is 475. The van der Waals surface area contributed by atoms with E-state index in [1.807, 2.05) is 0 Å². The van der Waals surface area contributed by atoms with E-state index in [0.29, 0.717) is 12.1 Å². The van der Waals surface area contributed by atoms with Gasteiger partial charge in [-0.25, -0.2) is 8.78 Å². The lowest BCUT2D eigenvalue weighted by molar-refractivity contribution is 0.0537. The summed E-state index contributed by atoms with van der Waals surface area (Å²) in [6.45, 7) is 1.06. The molecule has 6 heteroatoms. The summed E-state index contributed by atoms with van der Waals surface area (Å²) in [7, 11) is 0. The van der Waals surface area contributed by atoms with Crippen molar-refractivity contribution in [3.8, 4) is 0 Å². The lowest BCUT2D eigenvalue weighted by atomic mass is 10.1. The Morgan fingerprint density at radius 1 is 1.18 bits per heavy atom. The zero-order valence-electron chi connectivity index (χ0n) is 8.91. The van der Waals surface area contributed by atoms with Crippen LogP contribution in [0.25, 0.3) is 0 Å². The van der Waals surface area contributed by atoms with Gasteiger partial charge >= 0.3 is 0 Å². The van der Waals surface area contributed by atoms with Gasteiger partial charge in [-0.3, -0.25) is 14.5 Å². The first-order chi connectivity index (χ1) is 7.97. The van der Waals surface area contributed by atoms with Crippen molar-refractivity contribution in [2.75, 3.05) is 6.61 Å². The number of rotatable bonds is 2. The SMILES string of the molecule is CC(CO)N1C(=O)c2cc(F)c(F)cc2C1=O. The summed E-state index contributed by atoms with van der Waals surface area (Å²) in [5.74, 6) is -3.79.